The molecule has 4 aromatic rings. The van der Waals surface area contributed by atoms with Crippen molar-refractivity contribution in [2.24, 2.45) is 5.41 Å². The number of likely N-dealkylation sites (tertiary alicyclic amines) is 1. The van der Waals surface area contributed by atoms with Crippen LogP contribution in [0.4, 0.5) is 5.69 Å². The summed E-state index contributed by atoms with van der Waals surface area (Å²) in [6, 6.07) is 6.23. The van der Waals surface area contributed by atoms with Gasteiger partial charge in [0.1, 0.15) is 6.33 Å². The molecule has 2 saturated heterocycles. The molecule has 4 aromatic heterocycles. The maximum atomic E-state index is 5.54. The van der Waals surface area contributed by atoms with Gasteiger partial charge in [-0.1, -0.05) is 13.8 Å². The highest BCUT2D eigenvalue weighted by Crippen LogP contribution is 2.41. The molecule has 2 fully saturated rings. The van der Waals surface area contributed by atoms with Gasteiger partial charge in [-0.2, -0.15) is 10.2 Å². The SMILES string of the molecule is COc1cc(-c2n[nH]c(-c3ccc(N4CC5(CN(C)C5)C4)cn3)c2C(C)C)cn2ncnc12. The van der Waals surface area contributed by atoms with Crippen LogP contribution in [0.2, 0.25) is 0 Å². The normalized spacial score (nSPS) is 17.5. The minimum Gasteiger partial charge on any atom is -0.493 e. The second-order valence-electron chi connectivity index (χ2n) is 9.77. The highest BCUT2D eigenvalue weighted by Gasteiger charge is 2.50. The third-order valence-corrected chi connectivity index (χ3v) is 6.85. The molecule has 33 heavy (non-hydrogen) atoms. The third kappa shape index (κ3) is 3.18. The zero-order chi connectivity index (χ0) is 22.7. The maximum Gasteiger partial charge on any atom is 0.197 e. The topological polar surface area (TPSA) is 87.5 Å². The van der Waals surface area contributed by atoms with Crippen LogP contribution >= 0.6 is 0 Å². The predicted molar refractivity (Wildman–Crippen MR) is 127 cm³/mol. The number of anilines is 1. The van der Waals surface area contributed by atoms with Crippen molar-refractivity contribution in [2.75, 3.05) is 45.2 Å². The molecule has 1 N–H and O–H groups in total. The minimum atomic E-state index is 0.249. The fraction of sp³-hybridized carbons (Fsp3) is 0.417. The van der Waals surface area contributed by atoms with E-state index in [2.05, 4.69) is 63.1 Å². The Labute approximate surface area is 192 Å². The molecular weight excluding hydrogens is 416 g/mol. The van der Waals surface area contributed by atoms with Gasteiger partial charge in [-0.3, -0.25) is 10.1 Å². The molecule has 1 spiro atoms. The zero-order valence-electron chi connectivity index (χ0n) is 19.4. The molecule has 6 rings (SSSR count). The first-order chi connectivity index (χ1) is 16.0. The molecule has 0 aliphatic carbocycles. The van der Waals surface area contributed by atoms with Crippen LogP contribution in [0.25, 0.3) is 28.3 Å². The van der Waals surface area contributed by atoms with E-state index in [1.54, 1.807) is 11.6 Å². The highest BCUT2D eigenvalue weighted by atomic mass is 16.5. The quantitative estimate of drug-likeness (QED) is 0.506. The lowest BCUT2D eigenvalue weighted by molar-refractivity contribution is -0.00241. The van der Waals surface area contributed by atoms with Crippen LogP contribution in [-0.2, 0) is 0 Å². The van der Waals surface area contributed by atoms with Crippen LogP contribution in [0.1, 0.15) is 25.3 Å². The second kappa shape index (κ2) is 7.28. The van der Waals surface area contributed by atoms with Gasteiger partial charge in [-0.15, -0.1) is 0 Å². The summed E-state index contributed by atoms with van der Waals surface area (Å²) < 4.78 is 7.26. The van der Waals surface area contributed by atoms with Gasteiger partial charge < -0.3 is 14.5 Å². The Balaban J connectivity index is 1.32. The van der Waals surface area contributed by atoms with Crippen LogP contribution in [0, 0.1) is 5.41 Å². The van der Waals surface area contributed by atoms with Gasteiger partial charge >= 0.3 is 0 Å². The molecule has 0 bridgehead atoms. The van der Waals surface area contributed by atoms with Crippen molar-refractivity contribution in [3.05, 3.63) is 42.5 Å². The molecule has 0 unspecified atom stereocenters. The smallest absolute Gasteiger partial charge is 0.197 e. The van der Waals surface area contributed by atoms with Crippen molar-refractivity contribution in [1.29, 1.82) is 0 Å². The molecule has 0 amide bonds. The van der Waals surface area contributed by atoms with E-state index in [1.807, 2.05) is 18.5 Å². The summed E-state index contributed by atoms with van der Waals surface area (Å²) in [6.07, 6.45) is 5.44. The zero-order valence-corrected chi connectivity index (χ0v) is 19.4. The number of nitrogens with one attached hydrogen (secondary N) is 1. The summed E-state index contributed by atoms with van der Waals surface area (Å²) in [5, 5.41) is 12.2. The van der Waals surface area contributed by atoms with Crippen LogP contribution in [-0.4, -0.2) is 75.0 Å². The Hall–Kier alpha value is -3.46. The van der Waals surface area contributed by atoms with Gasteiger partial charge in [-0.05, 0) is 31.2 Å². The lowest BCUT2D eigenvalue weighted by Crippen LogP contribution is -2.71. The molecule has 0 radical (unpaired) electrons. The Morgan fingerprint density at radius 3 is 2.61 bits per heavy atom. The fourth-order valence-electron chi connectivity index (χ4n) is 5.47. The molecule has 6 heterocycles. The van der Waals surface area contributed by atoms with E-state index < -0.39 is 0 Å². The van der Waals surface area contributed by atoms with Crippen LogP contribution in [0.3, 0.4) is 0 Å². The maximum absolute atomic E-state index is 5.54. The number of aromatic amines is 1. The largest absolute Gasteiger partial charge is 0.493 e. The Bertz CT molecular complexity index is 1310. The highest BCUT2D eigenvalue weighted by molar-refractivity contribution is 5.75. The molecule has 0 atom stereocenters. The van der Waals surface area contributed by atoms with Crippen molar-refractivity contribution in [2.45, 2.75) is 19.8 Å². The van der Waals surface area contributed by atoms with Crippen molar-refractivity contribution in [3.63, 3.8) is 0 Å². The molecule has 9 nitrogen and oxygen atoms in total. The van der Waals surface area contributed by atoms with Crippen LogP contribution in [0.5, 0.6) is 5.75 Å². The van der Waals surface area contributed by atoms with Crippen molar-refractivity contribution < 1.29 is 4.74 Å². The van der Waals surface area contributed by atoms with E-state index in [4.69, 9.17) is 9.72 Å². The summed E-state index contributed by atoms with van der Waals surface area (Å²) in [5.41, 5.74) is 7.14. The van der Waals surface area contributed by atoms with Crippen molar-refractivity contribution in [1.82, 2.24) is 34.7 Å². The van der Waals surface area contributed by atoms with Crippen LogP contribution in [0.15, 0.2) is 36.9 Å². The van der Waals surface area contributed by atoms with Crippen LogP contribution < -0.4 is 9.64 Å². The standard InChI is InChI=1S/C24H28N8O/c1-15(2)20-21(16-7-19(33-4)23-26-14-27-32(23)9-16)28-29-22(20)18-6-5-17(8-25-18)31-12-24(13-31)10-30(3)11-24/h5-9,14-15H,10-13H2,1-4H3,(H,28,29). The van der Waals surface area contributed by atoms with E-state index in [-0.39, 0.29) is 5.92 Å². The molecule has 0 aromatic carbocycles. The molecule has 9 heteroatoms. The first-order valence-electron chi connectivity index (χ1n) is 11.3. The average Bonchev–Trinajstić information content (AvgIpc) is 3.41. The Kier molecular flexibility index (Phi) is 4.45. The number of hydrogen-bond donors (Lipinski definition) is 1. The first-order valence-corrected chi connectivity index (χ1v) is 11.3. The van der Waals surface area contributed by atoms with E-state index in [9.17, 15) is 0 Å². The predicted octanol–water partition coefficient (Wildman–Crippen LogP) is 3.07. The second-order valence-corrected chi connectivity index (χ2v) is 9.77. The number of methoxy groups -OCH3 is 1. The lowest BCUT2D eigenvalue weighted by Gasteiger charge is -2.60. The van der Waals surface area contributed by atoms with E-state index in [1.165, 1.54) is 25.1 Å². The molecule has 170 valence electrons. The number of ether oxygens (including phenoxy) is 1. The molecular formula is C24H28N8O. The Morgan fingerprint density at radius 2 is 1.94 bits per heavy atom. The summed E-state index contributed by atoms with van der Waals surface area (Å²) in [5.74, 6) is 0.912. The van der Waals surface area contributed by atoms with Crippen molar-refractivity contribution >= 4 is 11.3 Å². The molecule has 2 aliphatic heterocycles. The Morgan fingerprint density at radius 1 is 1.12 bits per heavy atom. The summed E-state index contributed by atoms with van der Waals surface area (Å²) in [7, 11) is 3.83. The lowest BCUT2D eigenvalue weighted by atomic mass is 9.73. The first kappa shape index (κ1) is 20.2. The van der Waals surface area contributed by atoms with Gasteiger partial charge in [0.05, 0.1) is 36.1 Å². The summed E-state index contributed by atoms with van der Waals surface area (Å²) in [4.78, 5) is 13.9. The average molecular weight is 445 g/mol. The van der Waals surface area contributed by atoms with Gasteiger partial charge in [0.15, 0.2) is 11.4 Å². The molecule has 0 saturated carbocycles. The number of H-pyrrole nitrogens is 1. The number of pyridine rings is 2. The van der Waals surface area contributed by atoms with Gasteiger partial charge in [-0.25, -0.2) is 9.50 Å². The number of nitrogens with zero attached hydrogens (tertiary/aromatic N) is 7. The number of hydrogen-bond acceptors (Lipinski definition) is 7. The number of fused-ring (bicyclic) bond motifs is 1. The van der Waals surface area contributed by atoms with E-state index in [0.717, 1.165) is 41.3 Å². The summed E-state index contributed by atoms with van der Waals surface area (Å²) in [6.45, 7) is 9.00. The molecule has 2 aliphatic rings. The number of rotatable bonds is 5. The minimum absolute atomic E-state index is 0.249. The monoisotopic (exact) mass is 444 g/mol. The fourth-order valence-corrected chi connectivity index (χ4v) is 5.47. The van der Waals surface area contributed by atoms with E-state index in [0.29, 0.717) is 16.8 Å². The van der Waals surface area contributed by atoms with Crippen molar-refractivity contribution in [3.8, 4) is 28.4 Å². The van der Waals surface area contributed by atoms with Gasteiger partial charge in [0, 0.05) is 48.9 Å². The third-order valence-electron chi connectivity index (χ3n) is 6.85. The summed E-state index contributed by atoms with van der Waals surface area (Å²) >= 11 is 0. The van der Waals surface area contributed by atoms with Gasteiger partial charge in [0.2, 0.25) is 0 Å². The number of aromatic nitrogens is 6. The van der Waals surface area contributed by atoms with Gasteiger partial charge in [0.25, 0.3) is 0 Å². The van der Waals surface area contributed by atoms with E-state index >= 15 is 0 Å².